The molecule has 0 radical (unpaired) electrons. The SMILES string of the molecule is Cc1ccc(N(C)C)c(C(C)[Si](O[Si](C)(C)C)([Si](C)(C)C)[Si](C)(C)C)c1. The highest BCUT2D eigenvalue weighted by atomic mass is 29.7. The van der Waals surface area contributed by atoms with Gasteiger partial charge in [0.25, 0.3) is 0 Å². The summed E-state index contributed by atoms with van der Waals surface area (Å²) in [6.07, 6.45) is 0. The summed E-state index contributed by atoms with van der Waals surface area (Å²) in [6.45, 7) is 27.4. The lowest BCUT2D eigenvalue weighted by Crippen LogP contribution is -2.78. The largest absolute Gasteiger partial charge is 0.459 e. The third-order valence-corrected chi connectivity index (χ3v) is 46.5. The molecule has 1 aromatic rings. The summed E-state index contributed by atoms with van der Waals surface area (Å²) in [5, 5.41) is 0. The minimum atomic E-state index is -1.97. The average Bonchev–Trinajstić information content (AvgIpc) is 2.39. The molecular weight excluding hydrogens is 383 g/mol. The molecule has 26 heavy (non-hydrogen) atoms. The molecule has 0 aliphatic carbocycles. The Labute approximate surface area is 167 Å². The van der Waals surface area contributed by atoms with E-state index in [1.807, 2.05) is 0 Å². The molecule has 0 fully saturated rings. The number of aryl methyl sites for hydroxylation is 1. The summed E-state index contributed by atoms with van der Waals surface area (Å²) >= 11 is 0. The van der Waals surface area contributed by atoms with E-state index >= 15 is 0 Å². The van der Waals surface area contributed by atoms with Crippen LogP contribution in [0.5, 0.6) is 0 Å². The van der Waals surface area contributed by atoms with Gasteiger partial charge in [-0.1, -0.05) is 63.9 Å². The lowest BCUT2D eigenvalue weighted by atomic mass is 10.1. The van der Waals surface area contributed by atoms with E-state index in [2.05, 4.69) is 110 Å². The minimum Gasteiger partial charge on any atom is -0.459 e. The highest BCUT2D eigenvalue weighted by Crippen LogP contribution is 2.45. The maximum absolute atomic E-state index is 7.43. The molecule has 0 N–H and O–H groups in total. The summed E-state index contributed by atoms with van der Waals surface area (Å²) in [5.74, 6) is 0. The number of anilines is 1. The summed E-state index contributed by atoms with van der Waals surface area (Å²) in [7, 11) is -2.28. The maximum atomic E-state index is 7.43. The number of rotatable bonds is 7. The molecule has 1 unspecified atom stereocenters. The van der Waals surface area contributed by atoms with Gasteiger partial charge in [-0.15, -0.1) is 0 Å². The third kappa shape index (κ3) is 4.81. The predicted molar refractivity (Wildman–Crippen MR) is 131 cm³/mol. The quantitative estimate of drug-likeness (QED) is 0.473. The molecule has 0 aromatic heterocycles. The molecule has 0 bridgehead atoms. The molecule has 6 heteroatoms. The smallest absolute Gasteiger partial charge is 0.169 e. The van der Waals surface area contributed by atoms with Crippen molar-refractivity contribution in [3.63, 3.8) is 0 Å². The zero-order valence-electron chi connectivity index (χ0n) is 19.7. The van der Waals surface area contributed by atoms with E-state index in [4.69, 9.17) is 4.12 Å². The van der Waals surface area contributed by atoms with Gasteiger partial charge in [-0.2, -0.15) is 0 Å². The van der Waals surface area contributed by atoms with E-state index in [0.29, 0.717) is 5.54 Å². The van der Waals surface area contributed by atoms with Gasteiger partial charge >= 0.3 is 0 Å². The predicted octanol–water partition coefficient (Wildman–Crippen LogP) is 6.33. The van der Waals surface area contributed by atoms with E-state index in [1.54, 1.807) is 0 Å². The second-order valence-electron chi connectivity index (χ2n) is 11.1. The Morgan fingerprint density at radius 3 is 1.65 bits per heavy atom. The van der Waals surface area contributed by atoms with Crippen LogP contribution >= 0.6 is 0 Å². The van der Waals surface area contributed by atoms with Crippen molar-refractivity contribution in [3.8, 4) is 0 Å². The normalized spacial score (nSPS) is 15.1. The van der Waals surface area contributed by atoms with E-state index in [1.165, 1.54) is 16.8 Å². The third-order valence-electron chi connectivity index (χ3n) is 5.44. The van der Waals surface area contributed by atoms with Crippen LogP contribution in [0.2, 0.25) is 58.9 Å². The zero-order valence-corrected chi connectivity index (χ0v) is 23.7. The summed E-state index contributed by atoms with van der Waals surface area (Å²) in [5.41, 5.74) is 4.78. The minimum absolute atomic E-state index is 0.532. The standard InChI is InChI=1S/C20H43NOSi4/c1-17-14-15-20(21(3)4)19(16-17)18(2)26(24(8,9)10,25(11,12)13)22-23(5,6)7/h14-16,18H,1-13H3. The Balaban J connectivity index is 3.81. The highest BCUT2D eigenvalue weighted by Gasteiger charge is 2.61. The fourth-order valence-corrected chi connectivity index (χ4v) is 64.2. The van der Waals surface area contributed by atoms with Gasteiger partial charge in [-0.25, -0.2) is 0 Å². The van der Waals surface area contributed by atoms with Crippen molar-refractivity contribution in [1.82, 2.24) is 0 Å². The van der Waals surface area contributed by atoms with Crippen LogP contribution in [0.15, 0.2) is 18.2 Å². The first-order chi connectivity index (χ1) is 11.4. The van der Waals surface area contributed by atoms with Crippen molar-refractivity contribution in [2.75, 3.05) is 19.0 Å². The summed E-state index contributed by atoms with van der Waals surface area (Å²) in [6, 6.07) is 7.00. The fraction of sp³-hybridized carbons (Fsp3) is 0.700. The zero-order chi connectivity index (χ0) is 20.7. The van der Waals surface area contributed by atoms with Crippen LogP contribution < -0.4 is 4.90 Å². The Bertz CT molecular complexity index is 610. The van der Waals surface area contributed by atoms with Crippen molar-refractivity contribution < 1.29 is 4.12 Å². The van der Waals surface area contributed by atoms with E-state index in [9.17, 15) is 0 Å². The van der Waals surface area contributed by atoms with Crippen molar-refractivity contribution in [2.45, 2.75) is 78.3 Å². The number of hydrogen-bond donors (Lipinski definition) is 0. The molecule has 0 amide bonds. The average molecular weight is 426 g/mol. The first-order valence-electron chi connectivity index (χ1n) is 9.92. The first-order valence-corrected chi connectivity index (χ1v) is 24.3. The molecule has 150 valence electrons. The molecule has 0 aliphatic rings. The molecule has 0 saturated heterocycles. The number of hydrogen-bond acceptors (Lipinski definition) is 2. The van der Waals surface area contributed by atoms with Crippen LogP contribution in [-0.2, 0) is 4.12 Å². The van der Waals surface area contributed by atoms with Crippen LogP contribution in [0.1, 0.15) is 23.6 Å². The Hall–Kier alpha value is -0.152. The van der Waals surface area contributed by atoms with Gasteiger partial charge in [-0.05, 0) is 43.7 Å². The van der Waals surface area contributed by atoms with E-state index in [-0.39, 0.29) is 0 Å². The van der Waals surface area contributed by atoms with Crippen LogP contribution in [0.4, 0.5) is 5.69 Å². The van der Waals surface area contributed by atoms with Crippen LogP contribution in [0, 0.1) is 6.92 Å². The fourth-order valence-electron chi connectivity index (χ4n) is 4.95. The summed E-state index contributed by atoms with van der Waals surface area (Å²) < 4.78 is 7.43. The van der Waals surface area contributed by atoms with E-state index < -0.39 is 30.9 Å². The lowest BCUT2D eigenvalue weighted by molar-refractivity contribution is 0.556. The Morgan fingerprint density at radius 1 is 0.846 bits per heavy atom. The molecule has 0 aliphatic heterocycles. The molecule has 1 aromatic carbocycles. The lowest BCUT2D eigenvalue weighted by Gasteiger charge is -2.56. The Morgan fingerprint density at radius 2 is 1.31 bits per heavy atom. The molecule has 0 heterocycles. The van der Waals surface area contributed by atoms with Crippen LogP contribution in [0.3, 0.4) is 0 Å². The van der Waals surface area contributed by atoms with Crippen LogP contribution in [-0.4, -0.2) is 44.9 Å². The van der Waals surface area contributed by atoms with Gasteiger partial charge in [0.15, 0.2) is 15.7 Å². The van der Waals surface area contributed by atoms with Crippen molar-refractivity contribution in [1.29, 1.82) is 0 Å². The monoisotopic (exact) mass is 425 g/mol. The Kier molecular flexibility index (Phi) is 7.07. The molecule has 0 saturated carbocycles. The second-order valence-corrected chi connectivity index (χ2v) is 42.5. The molecule has 1 atom stereocenters. The van der Waals surface area contributed by atoms with Gasteiger partial charge in [0.2, 0.25) is 0 Å². The van der Waals surface area contributed by atoms with Gasteiger partial charge in [-0.3, -0.25) is 0 Å². The highest BCUT2D eigenvalue weighted by molar-refractivity contribution is 7.67. The molecule has 1 rings (SSSR count). The van der Waals surface area contributed by atoms with Gasteiger partial charge < -0.3 is 9.02 Å². The second kappa shape index (κ2) is 7.70. The van der Waals surface area contributed by atoms with E-state index in [0.717, 1.165) is 0 Å². The summed E-state index contributed by atoms with van der Waals surface area (Å²) in [4.78, 5) is 2.29. The van der Waals surface area contributed by atoms with Crippen molar-refractivity contribution in [2.24, 2.45) is 0 Å². The molecule has 2 nitrogen and oxygen atoms in total. The molecule has 0 spiro atoms. The van der Waals surface area contributed by atoms with Gasteiger partial charge in [0.05, 0.1) is 15.2 Å². The van der Waals surface area contributed by atoms with Crippen molar-refractivity contribution in [3.05, 3.63) is 29.3 Å². The van der Waals surface area contributed by atoms with Crippen molar-refractivity contribution >= 4 is 36.5 Å². The topological polar surface area (TPSA) is 12.5 Å². The number of benzene rings is 1. The number of nitrogens with zero attached hydrogens (tertiary/aromatic N) is 1. The molecular formula is C20H43NOSi4. The maximum Gasteiger partial charge on any atom is 0.169 e. The van der Waals surface area contributed by atoms with Gasteiger partial charge in [0, 0.05) is 19.8 Å². The first kappa shape index (κ1) is 23.9. The van der Waals surface area contributed by atoms with Gasteiger partial charge in [0.1, 0.15) is 0 Å². The van der Waals surface area contributed by atoms with Crippen LogP contribution in [0.25, 0.3) is 0 Å².